The van der Waals surface area contributed by atoms with Crippen LogP contribution in [-0.2, 0) is 16.4 Å². The SMILES string of the molecule is NS(=O)(=O)c1n[nH]c(Cc2c(F)cccc2Cl)n1. The predicted molar refractivity (Wildman–Crippen MR) is 62.0 cm³/mol. The lowest BCUT2D eigenvalue weighted by Gasteiger charge is -2.02. The minimum absolute atomic E-state index is 0.00593. The van der Waals surface area contributed by atoms with E-state index in [2.05, 4.69) is 15.2 Å². The second-order valence-corrected chi connectivity index (χ2v) is 5.35. The van der Waals surface area contributed by atoms with Crippen LogP contribution in [0, 0.1) is 5.82 Å². The summed E-state index contributed by atoms with van der Waals surface area (Å²) < 4.78 is 35.4. The van der Waals surface area contributed by atoms with Crippen molar-refractivity contribution in [2.45, 2.75) is 11.6 Å². The van der Waals surface area contributed by atoms with Crippen LogP contribution in [0.2, 0.25) is 5.02 Å². The molecule has 0 aliphatic carbocycles. The summed E-state index contributed by atoms with van der Waals surface area (Å²) in [6.07, 6.45) is -0.00593. The molecule has 1 aromatic heterocycles. The molecule has 0 aliphatic rings. The molecule has 2 rings (SSSR count). The van der Waals surface area contributed by atoms with Gasteiger partial charge in [-0.3, -0.25) is 5.10 Å². The Morgan fingerprint density at radius 2 is 2.17 bits per heavy atom. The van der Waals surface area contributed by atoms with Crippen LogP contribution in [0.3, 0.4) is 0 Å². The van der Waals surface area contributed by atoms with Crippen molar-refractivity contribution in [3.05, 3.63) is 40.4 Å². The van der Waals surface area contributed by atoms with Gasteiger partial charge in [0.15, 0.2) is 0 Å². The standard InChI is InChI=1S/C9H8ClFN4O2S/c10-6-2-1-3-7(11)5(6)4-8-13-9(15-14-8)18(12,16)17/h1-3H,4H2,(H2,12,16,17)(H,13,14,15). The van der Waals surface area contributed by atoms with E-state index in [0.717, 1.165) is 0 Å². The van der Waals surface area contributed by atoms with Crippen LogP contribution in [0.5, 0.6) is 0 Å². The number of nitrogens with two attached hydrogens (primary N) is 1. The number of sulfonamides is 1. The molecule has 0 fully saturated rings. The molecule has 0 radical (unpaired) electrons. The molecular formula is C9H8ClFN4O2S. The summed E-state index contributed by atoms with van der Waals surface area (Å²) in [5, 5.41) is 10.3. The van der Waals surface area contributed by atoms with Crippen molar-refractivity contribution in [3.63, 3.8) is 0 Å². The van der Waals surface area contributed by atoms with Gasteiger partial charge in [0.05, 0.1) is 0 Å². The van der Waals surface area contributed by atoms with Gasteiger partial charge in [-0.15, -0.1) is 5.10 Å². The van der Waals surface area contributed by atoms with Crippen molar-refractivity contribution in [2.24, 2.45) is 5.14 Å². The van der Waals surface area contributed by atoms with Crippen LogP contribution in [-0.4, -0.2) is 23.6 Å². The van der Waals surface area contributed by atoms with E-state index in [-0.39, 0.29) is 22.8 Å². The Kier molecular flexibility index (Phi) is 3.33. The Labute approximate surface area is 107 Å². The van der Waals surface area contributed by atoms with Crippen molar-refractivity contribution in [1.29, 1.82) is 0 Å². The summed E-state index contributed by atoms with van der Waals surface area (Å²) in [7, 11) is -3.97. The predicted octanol–water partition coefficient (Wildman–Crippen LogP) is 0.835. The fourth-order valence-corrected chi connectivity index (χ4v) is 1.99. The fraction of sp³-hybridized carbons (Fsp3) is 0.111. The van der Waals surface area contributed by atoms with Gasteiger partial charge in [-0.2, -0.15) is 0 Å². The Bertz CT molecular complexity index is 665. The average molecular weight is 291 g/mol. The first-order chi connectivity index (χ1) is 8.38. The monoisotopic (exact) mass is 290 g/mol. The van der Waals surface area contributed by atoms with Gasteiger partial charge in [-0.1, -0.05) is 17.7 Å². The first kappa shape index (κ1) is 12.9. The second kappa shape index (κ2) is 4.63. The van der Waals surface area contributed by atoms with E-state index in [1.807, 2.05) is 0 Å². The zero-order valence-corrected chi connectivity index (χ0v) is 10.5. The van der Waals surface area contributed by atoms with Gasteiger partial charge >= 0.3 is 0 Å². The quantitative estimate of drug-likeness (QED) is 0.874. The van der Waals surface area contributed by atoms with Crippen molar-refractivity contribution in [3.8, 4) is 0 Å². The molecule has 9 heteroatoms. The zero-order chi connectivity index (χ0) is 13.3. The number of benzene rings is 1. The molecule has 0 aliphatic heterocycles. The number of aromatic amines is 1. The van der Waals surface area contributed by atoms with Gasteiger partial charge in [-0.25, -0.2) is 22.9 Å². The van der Waals surface area contributed by atoms with Crippen molar-refractivity contribution in [2.75, 3.05) is 0 Å². The van der Waals surface area contributed by atoms with Crippen LogP contribution in [0.15, 0.2) is 23.4 Å². The van der Waals surface area contributed by atoms with E-state index in [1.165, 1.54) is 18.2 Å². The third-order valence-electron chi connectivity index (χ3n) is 2.17. The lowest BCUT2D eigenvalue weighted by molar-refractivity contribution is 0.589. The molecule has 6 nitrogen and oxygen atoms in total. The average Bonchev–Trinajstić information content (AvgIpc) is 2.72. The molecule has 1 heterocycles. The smallest absolute Gasteiger partial charge is 0.262 e. The minimum Gasteiger partial charge on any atom is -0.262 e. The van der Waals surface area contributed by atoms with E-state index in [9.17, 15) is 12.8 Å². The molecule has 18 heavy (non-hydrogen) atoms. The summed E-state index contributed by atoms with van der Waals surface area (Å²) >= 11 is 5.83. The highest BCUT2D eigenvalue weighted by Gasteiger charge is 2.16. The molecule has 0 unspecified atom stereocenters. The summed E-state index contributed by atoms with van der Waals surface area (Å²) in [6, 6.07) is 4.24. The first-order valence-corrected chi connectivity index (χ1v) is 6.67. The lowest BCUT2D eigenvalue weighted by atomic mass is 10.1. The molecule has 3 N–H and O–H groups in total. The van der Waals surface area contributed by atoms with E-state index < -0.39 is 21.0 Å². The van der Waals surface area contributed by atoms with Crippen LogP contribution in [0.25, 0.3) is 0 Å². The minimum atomic E-state index is -3.97. The van der Waals surface area contributed by atoms with E-state index >= 15 is 0 Å². The maximum absolute atomic E-state index is 13.5. The van der Waals surface area contributed by atoms with Crippen molar-refractivity contribution >= 4 is 21.6 Å². The molecule has 2 aromatic rings. The van der Waals surface area contributed by atoms with Gasteiger partial charge in [0.25, 0.3) is 15.2 Å². The highest BCUT2D eigenvalue weighted by Crippen LogP contribution is 2.21. The van der Waals surface area contributed by atoms with Gasteiger partial charge in [0, 0.05) is 17.0 Å². The van der Waals surface area contributed by atoms with Gasteiger partial charge < -0.3 is 0 Å². The maximum Gasteiger partial charge on any atom is 0.282 e. The summed E-state index contributed by atoms with van der Waals surface area (Å²) in [5.74, 6) is -0.345. The molecule has 96 valence electrons. The topological polar surface area (TPSA) is 102 Å². The number of primary sulfonamides is 1. The maximum atomic E-state index is 13.5. The molecular weight excluding hydrogens is 283 g/mol. The number of rotatable bonds is 3. The number of H-pyrrole nitrogens is 1. The Balaban J connectivity index is 2.33. The Hall–Kier alpha value is -1.51. The van der Waals surface area contributed by atoms with Crippen LogP contribution in [0.4, 0.5) is 4.39 Å². The molecule has 0 amide bonds. The van der Waals surface area contributed by atoms with Gasteiger partial charge in [-0.05, 0) is 12.1 Å². The number of hydrogen-bond acceptors (Lipinski definition) is 4. The van der Waals surface area contributed by atoms with Gasteiger partial charge in [0.1, 0.15) is 11.6 Å². The van der Waals surface area contributed by atoms with Crippen molar-refractivity contribution in [1.82, 2.24) is 15.2 Å². The normalized spacial score (nSPS) is 11.7. The number of nitrogens with zero attached hydrogens (tertiary/aromatic N) is 2. The highest BCUT2D eigenvalue weighted by atomic mass is 35.5. The first-order valence-electron chi connectivity index (χ1n) is 4.75. The Morgan fingerprint density at radius 1 is 1.44 bits per heavy atom. The zero-order valence-electron chi connectivity index (χ0n) is 8.89. The van der Waals surface area contributed by atoms with Crippen molar-refractivity contribution < 1.29 is 12.8 Å². The lowest BCUT2D eigenvalue weighted by Crippen LogP contribution is -2.14. The van der Waals surface area contributed by atoms with E-state index in [0.29, 0.717) is 0 Å². The van der Waals surface area contributed by atoms with E-state index in [1.54, 1.807) is 0 Å². The number of hydrogen-bond donors (Lipinski definition) is 2. The van der Waals surface area contributed by atoms with E-state index in [4.69, 9.17) is 16.7 Å². The second-order valence-electron chi connectivity index (χ2n) is 3.49. The van der Waals surface area contributed by atoms with Crippen LogP contribution >= 0.6 is 11.6 Å². The number of halogens is 2. The van der Waals surface area contributed by atoms with Gasteiger partial charge in [0.2, 0.25) is 0 Å². The summed E-state index contributed by atoms with van der Waals surface area (Å²) in [4.78, 5) is 3.65. The highest BCUT2D eigenvalue weighted by molar-refractivity contribution is 7.89. The summed E-state index contributed by atoms with van der Waals surface area (Å²) in [5.41, 5.74) is 0.205. The number of nitrogens with one attached hydrogen (secondary N) is 1. The Morgan fingerprint density at radius 3 is 2.72 bits per heavy atom. The number of aromatic nitrogens is 3. The molecule has 0 saturated carbocycles. The molecule has 0 atom stereocenters. The van der Waals surface area contributed by atoms with Crippen LogP contribution in [0.1, 0.15) is 11.4 Å². The molecule has 1 aromatic carbocycles. The third kappa shape index (κ3) is 2.66. The van der Waals surface area contributed by atoms with Crippen LogP contribution < -0.4 is 5.14 Å². The fourth-order valence-electron chi connectivity index (χ4n) is 1.35. The molecule has 0 bridgehead atoms. The summed E-state index contributed by atoms with van der Waals surface area (Å²) in [6.45, 7) is 0. The third-order valence-corrected chi connectivity index (χ3v) is 3.22. The largest absolute Gasteiger partial charge is 0.282 e. The molecule has 0 spiro atoms. The molecule has 0 saturated heterocycles.